The zero-order chi connectivity index (χ0) is 14.0. The lowest BCUT2D eigenvalue weighted by Crippen LogP contribution is -2.21. The summed E-state index contributed by atoms with van der Waals surface area (Å²) in [5, 5.41) is 10.3. The number of hydrogen-bond donors (Lipinski definition) is 1. The predicted molar refractivity (Wildman–Crippen MR) is 71.8 cm³/mol. The minimum atomic E-state index is -0.808. The van der Waals surface area contributed by atoms with Gasteiger partial charge in [0.05, 0.1) is 6.10 Å². The summed E-state index contributed by atoms with van der Waals surface area (Å²) in [4.78, 5) is 0. The van der Waals surface area contributed by atoms with Crippen molar-refractivity contribution in [1.82, 2.24) is 0 Å². The van der Waals surface area contributed by atoms with Crippen LogP contribution < -0.4 is 0 Å². The van der Waals surface area contributed by atoms with Gasteiger partial charge in [-0.3, -0.25) is 0 Å². The smallest absolute Gasteiger partial charge is 0.131 e. The zero-order valence-corrected chi connectivity index (χ0v) is 11.6. The van der Waals surface area contributed by atoms with Gasteiger partial charge >= 0.3 is 0 Å². The Balaban J connectivity index is 2.12. The third-order valence-corrected chi connectivity index (χ3v) is 4.51. The molecular formula is C16H22F2O. The van der Waals surface area contributed by atoms with E-state index in [2.05, 4.69) is 6.92 Å². The van der Waals surface area contributed by atoms with Crippen molar-refractivity contribution >= 4 is 0 Å². The molecule has 0 radical (unpaired) electrons. The molecule has 0 aliphatic heterocycles. The molecule has 1 aliphatic carbocycles. The Labute approximate surface area is 113 Å². The Morgan fingerprint density at radius 1 is 1.16 bits per heavy atom. The molecular weight excluding hydrogens is 246 g/mol. The van der Waals surface area contributed by atoms with E-state index in [1.165, 1.54) is 12.5 Å². The second-order valence-electron chi connectivity index (χ2n) is 5.76. The molecule has 1 aromatic carbocycles. The first kappa shape index (κ1) is 14.4. The van der Waals surface area contributed by atoms with Gasteiger partial charge in [-0.25, -0.2) is 8.78 Å². The Morgan fingerprint density at radius 3 is 2.37 bits per heavy atom. The van der Waals surface area contributed by atoms with E-state index in [-0.39, 0.29) is 11.5 Å². The average Bonchev–Trinajstić information content (AvgIpc) is 2.42. The number of aryl methyl sites for hydroxylation is 1. The van der Waals surface area contributed by atoms with Gasteiger partial charge in [-0.1, -0.05) is 26.2 Å². The molecule has 1 nitrogen and oxygen atoms in total. The summed E-state index contributed by atoms with van der Waals surface area (Å²) in [7, 11) is 0. The molecule has 0 amide bonds. The van der Waals surface area contributed by atoms with E-state index in [0.29, 0.717) is 5.56 Å². The van der Waals surface area contributed by atoms with Gasteiger partial charge in [-0.05, 0) is 43.2 Å². The first-order valence-electron chi connectivity index (χ1n) is 7.16. The molecule has 2 rings (SSSR count). The van der Waals surface area contributed by atoms with Crippen molar-refractivity contribution in [2.75, 3.05) is 0 Å². The highest BCUT2D eigenvalue weighted by molar-refractivity contribution is 5.27. The van der Waals surface area contributed by atoms with E-state index in [0.717, 1.165) is 37.7 Å². The molecule has 3 heteroatoms. The SMILES string of the molecule is CCC1CCC(C(O)c2cc(C)c(F)cc2F)CC1. The summed E-state index contributed by atoms with van der Waals surface area (Å²) in [6.45, 7) is 3.78. The fourth-order valence-electron chi connectivity index (χ4n) is 3.07. The largest absolute Gasteiger partial charge is 0.388 e. The van der Waals surface area contributed by atoms with Gasteiger partial charge in [0.2, 0.25) is 0 Å². The number of halogens is 2. The number of rotatable bonds is 3. The lowest BCUT2D eigenvalue weighted by molar-refractivity contribution is 0.0699. The lowest BCUT2D eigenvalue weighted by atomic mass is 9.77. The van der Waals surface area contributed by atoms with Gasteiger partial charge in [-0.2, -0.15) is 0 Å². The van der Waals surface area contributed by atoms with Crippen molar-refractivity contribution in [2.24, 2.45) is 11.8 Å². The molecule has 1 unspecified atom stereocenters. The quantitative estimate of drug-likeness (QED) is 0.854. The van der Waals surface area contributed by atoms with Gasteiger partial charge in [0.25, 0.3) is 0 Å². The standard InChI is InChI=1S/C16H22F2O/c1-3-11-4-6-12(7-5-11)16(19)13-8-10(2)14(17)9-15(13)18/h8-9,11-12,16,19H,3-7H2,1-2H3. The van der Waals surface area contributed by atoms with Gasteiger partial charge in [0.15, 0.2) is 0 Å². The minimum Gasteiger partial charge on any atom is -0.388 e. The van der Waals surface area contributed by atoms with Crippen molar-refractivity contribution in [3.05, 3.63) is 34.9 Å². The maximum atomic E-state index is 13.8. The van der Waals surface area contributed by atoms with Crippen LogP contribution in [-0.2, 0) is 0 Å². The number of hydrogen-bond acceptors (Lipinski definition) is 1. The molecule has 1 fully saturated rings. The summed E-state index contributed by atoms with van der Waals surface area (Å²) in [6, 6.07) is 2.33. The maximum Gasteiger partial charge on any atom is 0.131 e. The molecule has 1 saturated carbocycles. The van der Waals surface area contributed by atoms with Crippen LogP contribution in [0.15, 0.2) is 12.1 Å². The van der Waals surface area contributed by atoms with Crippen LogP contribution in [0, 0.1) is 30.4 Å². The van der Waals surface area contributed by atoms with Crippen LogP contribution in [-0.4, -0.2) is 5.11 Å². The monoisotopic (exact) mass is 268 g/mol. The van der Waals surface area contributed by atoms with Gasteiger partial charge < -0.3 is 5.11 Å². The summed E-state index contributed by atoms with van der Waals surface area (Å²) >= 11 is 0. The Bertz CT molecular complexity index is 437. The van der Waals surface area contributed by atoms with Crippen LogP contribution in [0.3, 0.4) is 0 Å². The molecule has 0 aromatic heterocycles. The van der Waals surface area contributed by atoms with E-state index in [1.54, 1.807) is 6.92 Å². The molecule has 19 heavy (non-hydrogen) atoms. The summed E-state index contributed by atoms with van der Waals surface area (Å²) in [6.07, 6.45) is 4.41. The number of aliphatic hydroxyl groups is 1. The predicted octanol–water partition coefficient (Wildman–Crippen LogP) is 4.52. The van der Waals surface area contributed by atoms with Crippen LogP contribution in [0.5, 0.6) is 0 Å². The molecule has 0 saturated heterocycles. The summed E-state index contributed by atoms with van der Waals surface area (Å²) in [5.74, 6) is -0.346. The fourth-order valence-corrected chi connectivity index (χ4v) is 3.07. The van der Waals surface area contributed by atoms with Crippen molar-refractivity contribution in [1.29, 1.82) is 0 Å². The van der Waals surface area contributed by atoms with Gasteiger partial charge in [-0.15, -0.1) is 0 Å². The number of aliphatic hydroxyl groups excluding tert-OH is 1. The second kappa shape index (κ2) is 6.00. The second-order valence-corrected chi connectivity index (χ2v) is 5.76. The van der Waals surface area contributed by atoms with Crippen LogP contribution in [0.4, 0.5) is 8.78 Å². The van der Waals surface area contributed by atoms with E-state index in [9.17, 15) is 13.9 Å². The molecule has 0 heterocycles. The topological polar surface area (TPSA) is 20.2 Å². The highest BCUT2D eigenvalue weighted by Gasteiger charge is 2.28. The van der Waals surface area contributed by atoms with Crippen LogP contribution in [0.1, 0.15) is 56.3 Å². The third kappa shape index (κ3) is 3.14. The van der Waals surface area contributed by atoms with Crippen molar-refractivity contribution in [3.8, 4) is 0 Å². The van der Waals surface area contributed by atoms with Crippen LogP contribution in [0.25, 0.3) is 0 Å². The third-order valence-electron chi connectivity index (χ3n) is 4.51. The van der Waals surface area contributed by atoms with Crippen molar-refractivity contribution in [2.45, 2.75) is 52.1 Å². The molecule has 106 valence electrons. The van der Waals surface area contributed by atoms with Gasteiger partial charge in [0.1, 0.15) is 11.6 Å². The van der Waals surface area contributed by atoms with E-state index >= 15 is 0 Å². The molecule has 1 N–H and O–H groups in total. The Morgan fingerprint density at radius 2 is 1.79 bits per heavy atom. The highest BCUT2D eigenvalue weighted by atomic mass is 19.1. The first-order valence-corrected chi connectivity index (χ1v) is 7.16. The normalized spacial score (nSPS) is 25.3. The molecule has 1 atom stereocenters. The minimum absolute atomic E-state index is 0.0992. The lowest BCUT2D eigenvalue weighted by Gasteiger charge is -2.31. The molecule has 0 bridgehead atoms. The van der Waals surface area contributed by atoms with E-state index < -0.39 is 17.7 Å². The molecule has 1 aliphatic rings. The fraction of sp³-hybridized carbons (Fsp3) is 0.625. The molecule has 1 aromatic rings. The highest BCUT2D eigenvalue weighted by Crippen LogP contribution is 2.38. The van der Waals surface area contributed by atoms with Crippen LogP contribution in [0.2, 0.25) is 0 Å². The Hall–Kier alpha value is -0.960. The maximum absolute atomic E-state index is 13.8. The van der Waals surface area contributed by atoms with Crippen molar-refractivity contribution < 1.29 is 13.9 Å². The average molecular weight is 268 g/mol. The zero-order valence-electron chi connectivity index (χ0n) is 11.6. The molecule has 0 spiro atoms. The van der Waals surface area contributed by atoms with E-state index in [4.69, 9.17) is 0 Å². The Kier molecular flexibility index (Phi) is 4.56. The van der Waals surface area contributed by atoms with Crippen molar-refractivity contribution in [3.63, 3.8) is 0 Å². The van der Waals surface area contributed by atoms with Crippen LogP contribution >= 0.6 is 0 Å². The number of benzene rings is 1. The summed E-state index contributed by atoms with van der Waals surface area (Å²) in [5.41, 5.74) is 0.636. The first-order chi connectivity index (χ1) is 9.02. The van der Waals surface area contributed by atoms with E-state index in [1.807, 2.05) is 0 Å². The summed E-state index contributed by atoms with van der Waals surface area (Å²) < 4.78 is 27.0. The van der Waals surface area contributed by atoms with Gasteiger partial charge in [0, 0.05) is 11.6 Å².